The maximum atomic E-state index is 13.9. The van der Waals surface area contributed by atoms with E-state index >= 15 is 0 Å². The normalized spacial score (nSPS) is 11.8. The number of carbonyl (C=O) groups is 2. The van der Waals surface area contributed by atoms with Crippen molar-refractivity contribution < 1.29 is 18.4 Å². The first-order chi connectivity index (χ1) is 18.0. The van der Waals surface area contributed by atoms with Crippen LogP contribution < -0.4 is 10.2 Å². The zero-order valence-electron chi connectivity index (χ0n) is 20.0. The summed E-state index contributed by atoms with van der Waals surface area (Å²) in [5.41, 5.74) is 3.32. The van der Waals surface area contributed by atoms with Gasteiger partial charge in [-0.3, -0.25) is 14.5 Å². The van der Waals surface area contributed by atoms with E-state index in [-0.39, 0.29) is 19.0 Å². The summed E-state index contributed by atoms with van der Waals surface area (Å²) in [7, 11) is 0. The second-order valence-electron chi connectivity index (χ2n) is 8.59. The fourth-order valence-corrected chi connectivity index (χ4v) is 4.13. The van der Waals surface area contributed by atoms with Crippen LogP contribution in [-0.4, -0.2) is 26.8 Å². The van der Waals surface area contributed by atoms with Crippen molar-refractivity contribution in [3.8, 4) is 0 Å². The third-order valence-electron chi connectivity index (χ3n) is 6.00. The molecule has 2 heterocycles. The predicted octanol–water partition coefficient (Wildman–Crippen LogP) is 4.56. The summed E-state index contributed by atoms with van der Waals surface area (Å²) >= 11 is 0. The fourth-order valence-electron chi connectivity index (χ4n) is 4.13. The molecule has 0 radical (unpaired) electrons. The van der Waals surface area contributed by atoms with Gasteiger partial charge in [-0.1, -0.05) is 47.2 Å². The van der Waals surface area contributed by atoms with Crippen molar-refractivity contribution in [3.05, 3.63) is 114 Å². The largest absolute Gasteiger partial charge is 0.467 e. The standard InChI is InChI=1S/C28H24FN5O3/c1-19-8-14-22(15-9-19)34(26(35)18-33-25-7-3-2-6-24(25)31-32-33)27(20-10-12-21(29)13-11-20)28(36)30-17-23-5-4-16-37-23/h2-16,27H,17-18H2,1H3,(H,30,36)/t27-/m1/s1. The van der Waals surface area contributed by atoms with Gasteiger partial charge in [0.25, 0.3) is 0 Å². The SMILES string of the molecule is Cc1ccc(N(C(=O)Cn2nnc3ccccc32)[C@@H](C(=O)NCc2ccco2)c2ccc(F)cc2)cc1. The van der Waals surface area contributed by atoms with Crippen LogP contribution in [0.3, 0.4) is 0 Å². The minimum absolute atomic E-state index is 0.132. The van der Waals surface area contributed by atoms with Crippen molar-refractivity contribution in [1.29, 1.82) is 0 Å². The number of aromatic nitrogens is 3. The van der Waals surface area contributed by atoms with Gasteiger partial charge in [0.1, 0.15) is 29.7 Å². The molecule has 186 valence electrons. The smallest absolute Gasteiger partial charge is 0.249 e. The minimum Gasteiger partial charge on any atom is -0.467 e. The summed E-state index contributed by atoms with van der Waals surface area (Å²) in [6.45, 7) is 1.91. The molecule has 2 amide bonds. The molecule has 0 aliphatic carbocycles. The van der Waals surface area contributed by atoms with Gasteiger partial charge in [0.05, 0.1) is 18.3 Å². The second-order valence-corrected chi connectivity index (χ2v) is 8.59. The lowest BCUT2D eigenvalue weighted by Gasteiger charge is -2.31. The number of benzene rings is 3. The van der Waals surface area contributed by atoms with Gasteiger partial charge >= 0.3 is 0 Å². The van der Waals surface area contributed by atoms with Gasteiger partial charge < -0.3 is 9.73 Å². The zero-order chi connectivity index (χ0) is 25.8. The number of furan rings is 1. The number of nitrogens with one attached hydrogen (secondary N) is 1. The second kappa shape index (κ2) is 10.4. The zero-order valence-corrected chi connectivity index (χ0v) is 20.0. The van der Waals surface area contributed by atoms with Crippen molar-refractivity contribution in [2.75, 3.05) is 4.90 Å². The molecule has 3 aromatic carbocycles. The van der Waals surface area contributed by atoms with E-state index in [2.05, 4.69) is 15.6 Å². The Kier molecular flexibility index (Phi) is 6.76. The highest BCUT2D eigenvalue weighted by Crippen LogP contribution is 2.29. The Labute approximate surface area is 212 Å². The highest BCUT2D eigenvalue weighted by atomic mass is 19.1. The number of aryl methyl sites for hydroxylation is 1. The molecule has 2 aromatic heterocycles. The molecule has 9 heteroatoms. The average Bonchev–Trinajstić information content (AvgIpc) is 3.58. The molecule has 0 saturated carbocycles. The van der Waals surface area contributed by atoms with Gasteiger partial charge in [-0.15, -0.1) is 5.10 Å². The van der Waals surface area contributed by atoms with E-state index in [0.29, 0.717) is 28.0 Å². The van der Waals surface area contributed by atoms with Gasteiger partial charge in [-0.25, -0.2) is 9.07 Å². The van der Waals surface area contributed by atoms with E-state index in [1.807, 2.05) is 43.3 Å². The molecule has 0 bridgehead atoms. The van der Waals surface area contributed by atoms with E-state index in [1.54, 1.807) is 24.3 Å². The lowest BCUT2D eigenvalue weighted by molar-refractivity contribution is -0.127. The molecular formula is C28H24FN5O3. The lowest BCUT2D eigenvalue weighted by atomic mass is 10.0. The van der Waals surface area contributed by atoms with Crippen LogP contribution >= 0.6 is 0 Å². The first kappa shape index (κ1) is 23.9. The summed E-state index contributed by atoms with van der Waals surface area (Å²) < 4.78 is 20.6. The minimum atomic E-state index is -1.08. The van der Waals surface area contributed by atoms with Gasteiger partial charge in [0.15, 0.2) is 0 Å². The monoisotopic (exact) mass is 497 g/mol. The number of rotatable bonds is 8. The Hall–Kier alpha value is -4.79. The highest BCUT2D eigenvalue weighted by molar-refractivity contribution is 6.01. The number of para-hydroxylation sites is 1. The Morgan fingerprint density at radius 2 is 1.76 bits per heavy atom. The van der Waals surface area contributed by atoms with Crippen LogP contribution in [0.5, 0.6) is 0 Å². The molecule has 0 saturated heterocycles. The van der Waals surface area contributed by atoms with Crippen LogP contribution in [0.15, 0.2) is 95.6 Å². The van der Waals surface area contributed by atoms with E-state index < -0.39 is 17.8 Å². The number of hydrogen-bond acceptors (Lipinski definition) is 5. The molecule has 0 unspecified atom stereocenters. The number of amides is 2. The quantitative estimate of drug-likeness (QED) is 0.339. The first-order valence-corrected chi connectivity index (χ1v) is 11.7. The maximum absolute atomic E-state index is 13.9. The van der Waals surface area contributed by atoms with E-state index in [9.17, 15) is 14.0 Å². The molecule has 5 rings (SSSR count). The number of hydrogen-bond donors (Lipinski definition) is 1. The summed E-state index contributed by atoms with van der Waals surface area (Å²) in [6.07, 6.45) is 1.52. The third kappa shape index (κ3) is 5.25. The molecule has 1 atom stereocenters. The molecule has 1 N–H and O–H groups in total. The van der Waals surface area contributed by atoms with Crippen LogP contribution in [-0.2, 0) is 22.7 Å². The molecule has 0 spiro atoms. The van der Waals surface area contributed by atoms with E-state index in [0.717, 1.165) is 5.56 Å². The van der Waals surface area contributed by atoms with Crippen molar-refractivity contribution in [2.24, 2.45) is 0 Å². The Bertz CT molecular complexity index is 1510. The lowest BCUT2D eigenvalue weighted by Crippen LogP contribution is -2.45. The van der Waals surface area contributed by atoms with Crippen molar-refractivity contribution in [2.45, 2.75) is 26.1 Å². The van der Waals surface area contributed by atoms with Gasteiger partial charge in [-0.2, -0.15) is 0 Å². The molecule has 5 aromatic rings. The molecular weight excluding hydrogens is 473 g/mol. The predicted molar refractivity (Wildman–Crippen MR) is 136 cm³/mol. The Morgan fingerprint density at radius 1 is 1.00 bits per heavy atom. The van der Waals surface area contributed by atoms with Crippen LogP contribution in [0.1, 0.15) is 22.9 Å². The maximum Gasteiger partial charge on any atom is 0.249 e. The van der Waals surface area contributed by atoms with E-state index in [1.165, 1.54) is 40.1 Å². The van der Waals surface area contributed by atoms with Crippen molar-refractivity contribution >= 4 is 28.5 Å². The summed E-state index contributed by atoms with van der Waals surface area (Å²) in [6, 6.07) is 22.5. The van der Waals surface area contributed by atoms with Gasteiger partial charge in [0, 0.05) is 5.69 Å². The van der Waals surface area contributed by atoms with Gasteiger partial charge in [0.2, 0.25) is 11.8 Å². The van der Waals surface area contributed by atoms with Crippen LogP contribution in [0.4, 0.5) is 10.1 Å². The number of nitrogens with zero attached hydrogens (tertiary/aromatic N) is 4. The molecule has 8 nitrogen and oxygen atoms in total. The first-order valence-electron chi connectivity index (χ1n) is 11.7. The number of carbonyl (C=O) groups excluding carboxylic acids is 2. The van der Waals surface area contributed by atoms with Crippen LogP contribution in [0.25, 0.3) is 11.0 Å². The Morgan fingerprint density at radius 3 is 2.49 bits per heavy atom. The molecule has 0 aliphatic heterocycles. The number of halogens is 1. The average molecular weight is 498 g/mol. The molecule has 0 aliphatic rings. The number of anilines is 1. The molecule has 0 fully saturated rings. The summed E-state index contributed by atoms with van der Waals surface area (Å²) in [4.78, 5) is 29.0. The fraction of sp³-hybridized carbons (Fsp3) is 0.143. The topological polar surface area (TPSA) is 93.3 Å². The third-order valence-corrected chi connectivity index (χ3v) is 6.00. The number of fused-ring (bicyclic) bond motifs is 1. The summed E-state index contributed by atoms with van der Waals surface area (Å²) in [5, 5.41) is 11.1. The highest BCUT2D eigenvalue weighted by Gasteiger charge is 2.33. The molecule has 37 heavy (non-hydrogen) atoms. The Balaban J connectivity index is 1.55. The van der Waals surface area contributed by atoms with Crippen LogP contribution in [0, 0.1) is 12.7 Å². The summed E-state index contributed by atoms with van der Waals surface area (Å²) in [5.74, 6) is -0.711. The van der Waals surface area contributed by atoms with Gasteiger partial charge in [-0.05, 0) is 61.0 Å². The van der Waals surface area contributed by atoms with Crippen molar-refractivity contribution in [3.63, 3.8) is 0 Å². The van der Waals surface area contributed by atoms with Crippen molar-refractivity contribution in [1.82, 2.24) is 20.3 Å². The van der Waals surface area contributed by atoms with Crippen LogP contribution in [0.2, 0.25) is 0 Å². The van der Waals surface area contributed by atoms with E-state index in [4.69, 9.17) is 4.42 Å².